The molecule has 0 radical (unpaired) electrons. The molecular weight excluding hydrogens is 166 g/mol. The Balaban J connectivity index is 2.48. The zero-order valence-corrected chi connectivity index (χ0v) is 8.28. The van der Waals surface area contributed by atoms with Crippen LogP contribution in [-0.2, 0) is 0 Å². The first-order chi connectivity index (χ1) is 6.23. The predicted molar refractivity (Wildman–Crippen MR) is 52.9 cm³/mol. The number of hydrogen-bond donors (Lipinski definition) is 1. The Hall–Kier alpha value is -0.380. The van der Waals surface area contributed by atoms with Crippen LogP contribution < -0.4 is 0 Å². The van der Waals surface area contributed by atoms with Crippen molar-refractivity contribution >= 4 is 0 Å². The normalized spacial score (nSPS) is 34.5. The summed E-state index contributed by atoms with van der Waals surface area (Å²) < 4.78 is -0.215. The summed E-state index contributed by atoms with van der Waals surface area (Å²) in [5.74, 6) is 0. The maximum atomic E-state index is 12.1. The minimum Gasteiger partial charge on any atom is -0.632 e. The van der Waals surface area contributed by atoms with Crippen molar-refractivity contribution in [2.75, 3.05) is 19.7 Å². The van der Waals surface area contributed by atoms with Crippen LogP contribution in [0.25, 0.3) is 0 Å². The minimum atomic E-state index is -0.215. The number of hydroxylamine groups is 3. The first kappa shape index (κ1) is 10.7. The predicted octanol–water partition coefficient (Wildman–Crippen LogP) is 1.42. The highest BCUT2D eigenvalue weighted by Crippen LogP contribution is 2.25. The Morgan fingerprint density at radius 2 is 2.31 bits per heavy atom. The van der Waals surface area contributed by atoms with Gasteiger partial charge in [0.25, 0.3) is 0 Å². The maximum absolute atomic E-state index is 12.1. The summed E-state index contributed by atoms with van der Waals surface area (Å²) in [5, 5.41) is 21.1. The van der Waals surface area contributed by atoms with Crippen molar-refractivity contribution in [2.24, 2.45) is 0 Å². The zero-order chi connectivity index (χ0) is 9.73. The van der Waals surface area contributed by atoms with Gasteiger partial charge in [-0.1, -0.05) is 13.0 Å². The van der Waals surface area contributed by atoms with Crippen LogP contribution in [-0.4, -0.2) is 35.5 Å². The van der Waals surface area contributed by atoms with Crippen LogP contribution in [0, 0.1) is 5.21 Å². The number of hydrogen-bond acceptors (Lipinski definition) is 2. The molecule has 0 aromatic rings. The topological polar surface area (TPSA) is 43.3 Å². The second kappa shape index (κ2) is 4.74. The molecule has 0 aromatic carbocycles. The minimum absolute atomic E-state index is 0.0312. The van der Waals surface area contributed by atoms with Crippen LogP contribution in [0.5, 0.6) is 0 Å². The summed E-state index contributed by atoms with van der Waals surface area (Å²) in [6.45, 7) is 3.28. The van der Waals surface area contributed by atoms with Gasteiger partial charge in [0.15, 0.2) is 0 Å². The Kier molecular flexibility index (Phi) is 3.90. The number of aliphatic hydroxyl groups is 1. The molecule has 0 bridgehead atoms. The van der Waals surface area contributed by atoms with E-state index in [9.17, 15) is 5.21 Å². The molecule has 1 N–H and O–H groups in total. The highest BCUT2D eigenvalue weighted by Gasteiger charge is 2.32. The lowest BCUT2D eigenvalue weighted by Gasteiger charge is -2.42. The molecule has 1 unspecified atom stereocenters. The van der Waals surface area contributed by atoms with Gasteiger partial charge in [-0.15, -0.1) is 0 Å². The Labute approximate surface area is 79.8 Å². The van der Waals surface area contributed by atoms with Crippen LogP contribution in [0.2, 0.25) is 0 Å². The quantitative estimate of drug-likeness (QED) is 0.409. The van der Waals surface area contributed by atoms with Gasteiger partial charge in [-0.2, -0.15) is 0 Å². The standard InChI is InChI=1S/C10H19NO2/c1-2-3-4-7-11(13)8-5-6-10(11)9-12/h3-4,10,12H,2,5-9H2,1H3/b4-3+/t10-,11?/m0/s1. The molecule has 2 atom stereocenters. The second-order valence-corrected chi connectivity index (χ2v) is 3.72. The summed E-state index contributed by atoms with van der Waals surface area (Å²) in [6.07, 6.45) is 6.77. The lowest BCUT2D eigenvalue weighted by molar-refractivity contribution is -0.887. The summed E-state index contributed by atoms with van der Waals surface area (Å²) >= 11 is 0. The molecule has 76 valence electrons. The SMILES string of the molecule is CC/C=C/C[N+]1([O-])CCC[C@H]1CO. The molecule has 0 saturated carbocycles. The van der Waals surface area contributed by atoms with Gasteiger partial charge in [-0.25, -0.2) is 0 Å². The van der Waals surface area contributed by atoms with Crippen molar-refractivity contribution in [2.45, 2.75) is 32.2 Å². The van der Waals surface area contributed by atoms with E-state index in [4.69, 9.17) is 5.11 Å². The molecule has 13 heavy (non-hydrogen) atoms. The van der Waals surface area contributed by atoms with Crippen molar-refractivity contribution in [1.29, 1.82) is 0 Å². The van der Waals surface area contributed by atoms with Crippen LogP contribution in [0.15, 0.2) is 12.2 Å². The number of allylic oxidation sites excluding steroid dienone is 1. The maximum Gasteiger partial charge on any atom is 0.113 e. The van der Waals surface area contributed by atoms with Crippen LogP contribution in [0.1, 0.15) is 26.2 Å². The van der Waals surface area contributed by atoms with E-state index in [-0.39, 0.29) is 17.3 Å². The molecule has 1 heterocycles. The molecule has 1 rings (SSSR count). The van der Waals surface area contributed by atoms with E-state index in [2.05, 4.69) is 6.92 Å². The van der Waals surface area contributed by atoms with Crippen molar-refractivity contribution in [3.63, 3.8) is 0 Å². The van der Waals surface area contributed by atoms with E-state index in [0.717, 1.165) is 19.3 Å². The van der Waals surface area contributed by atoms with Crippen molar-refractivity contribution in [1.82, 2.24) is 0 Å². The third kappa shape index (κ3) is 2.53. The van der Waals surface area contributed by atoms with Crippen LogP contribution in [0.4, 0.5) is 0 Å². The van der Waals surface area contributed by atoms with Gasteiger partial charge in [-0.05, 0) is 12.5 Å². The van der Waals surface area contributed by atoms with Gasteiger partial charge in [0.05, 0.1) is 19.7 Å². The summed E-state index contributed by atoms with van der Waals surface area (Å²) in [6, 6.07) is -0.0819. The monoisotopic (exact) mass is 185 g/mol. The van der Waals surface area contributed by atoms with Crippen molar-refractivity contribution < 1.29 is 9.75 Å². The lowest BCUT2D eigenvalue weighted by Crippen LogP contribution is -2.48. The lowest BCUT2D eigenvalue weighted by atomic mass is 10.2. The fourth-order valence-electron chi connectivity index (χ4n) is 1.91. The zero-order valence-electron chi connectivity index (χ0n) is 8.28. The number of quaternary nitrogens is 1. The summed E-state index contributed by atoms with van der Waals surface area (Å²) in [5.41, 5.74) is 0. The fourth-order valence-corrected chi connectivity index (χ4v) is 1.91. The molecule has 3 nitrogen and oxygen atoms in total. The number of nitrogens with zero attached hydrogens (tertiary/aromatic N) is 1. The van der Waals surface area contributed by atoms with E-state index >= 15 is 0 Å². The molecule has 0 spiro atoms. The Morgan fingerprint density at radius 1 is 1.54 bits per heavy atom. The molecule has 0 amide bonds. The van der Waals surface area contributed by atoms with Gasteiger partial charge >= 0.3 is 0 Å². The van der Waals surface area contributed by atoms with Crippen LogP contribution in [0.3, 0.4) is 0 Å². The van der Waals surface area contributed by atoms with Gasteiger partial charge in [-0.3, -0.25) is 0 Å². The average Bonchev–Trinajstić information content (AvgIpc) is 2.47. The first-order valence-electron chi connectivity index (χ1n) is 5.06. The fraction of sp³-hybridized carbons (Fsp3) is 0.800. The first-order valence-corrected chi connectivity index (χ1v) is 5.06. The highest BCUT2D eigenvalue weighted by molar-refractivity contribution is 4.82. The van der Waals surface area contributed by atoms with Gasteiger partial charge in [0.2, 0.25) is 0 Å². The molecule has 3 heteroatoms. The average molecular weight is 185 g/mol. The van der Waals surface area contributed by atoms with Gasteiger partial charge < -0.3 is 15.0 Å². The van der Waals surface area contributed by atoms with Gasteiger partial charge in [0, 0.05) is 12.8 Å². The van der Waals surface area contributed by atoms with E-state index < -0.39 is 0 Å². The smallest absolute Gasteiger partial charge is 0.113 e. The van der Waals surface area contributed by atoms with E-state index in [1.54, 1.807) is 0 Å². The number of aliphatic hydroxyl groups excluding tert-OH is 1. The van der Waals surface area contributed by atoms with Crippen molar-refractivity contribution in [3.05, 3.63) is 17.4 Å². The molecule has 1 aliphatic heterocycles. The molecule has 0 aromatic heterocycles. The molecule has 1 aliphatic rings. The second-order valence-electron chi connectivity index (χ2n) is 3.72. The van der Waals surface area contributed by atoms with E-state index in [1.807, 2.05) is 12.2 Å². The number of rotatable bonds is 4. The molecular formula is C10H19NO2. The van der Waals surface area contributed by atoms with Crippen LogP contribution >= 0.6 is 0 Å². The molecule has 1 fully saturated rings. The summed E-state index contributed by atoms with van der Waals surface area (Å²) in [4.78, 5) is 0. The molecule has 0 aliphatic carbocycles. The third-order valence-electron chi connectivity index (χ3n) is 2.77. The summed E-state index contributed by atoms with van der Waals surface area (Å²) in [7, 11) is 0. The van der Waals surface area contributed by atoms with Crippen molar-refractivity contribution in [3.8, 4) is 0 Å². The Morgan fingerprint density at radius 3 is 2.92 bits per heavy atom. The number of likely N-dealkylation sites (tertiary alicyclic amines) is 1. The van der Waals surface area contributed by atoms with E-state index in [1.165, 1.54) is 0 Å². The van der Waals surface area contributed by atoms with E-state index in [0.29, 0.717) is 13.1 Å². The molecule has 1 saturated heterocycles. The van der Waals surface area contributed by atoms with Gasteiger partial charge in [0.1, 0.15) is 6.04 Å². The largest absolute Gasteiger partial charge is 0.632 e. The third-order valence-corrected chi connectivity index (χ3v) is 2.77. The Bertz CT molecular complexity index is 182. The highest BCUT2D eigenvalue weighted by atomic mass is 16.6.